The summed E-state index contributed by atoms with van der Waals surface area (Å²) in [4.78, 5) is 15.2. The van der Waals surface area contributed by atoms with Crippen molar-refractivity contribution in [3.63, 3.8) is 0 Å². The number of amides is 1. The molecule has 0 aliphatic rings. The molecule has 0 aliphatic carbocycles. The van der Waals surface area contributed by atoms with Crippen molar-refractivity contribution in [3.05, 3.63) is 48.2 Å². The van der Waals surface area contributed by atoms with Gasteiger partial charge in [-0.05, 0) is 24.1 Å². The second-order valence-electron chi connectivity index (χ2n) is 3.94. The van der Waals surface area contributed by atoms with Crippen molar-refractivity contribution < 1.29 is 4.79 Å². The van der Waals surface area contributed by atoms with Gasteiger partial charge in [-0.15, -0.1) is 0 Å². The van der Waals surface area contributed by atoms with Gasteiger partial charge in [0.05, 0.1) is 0 Å². The number of hydrogen-bond acceptors (Lipinski definition) is 2. The average Bonchev–Trinajstić information content (AvgIpc) is 2.32. The molecule has 1 N–H and O–H groups in total. The number of benzene rings is 1. The van der Waals surface area contributed by atoms with Crippen LogP contribution >= 0.6 is 0 Å². The summed E-state index contributed by atoms with van der Waals surface area (Å²) in [6, 6.07) is 12.1. The average molecular weight is 226 g/mol. The van der Waals surface area contributed by atoms with Crippen LogP contribution in [0, 0.1) is 6.92 Å². The van der Waals surface area contributed by atoms with E-state index in [1.165, 1.54) is 6.92 Å². The number of carbonyl (C=O) groups is 1. The van der Waals surface area contributed by atoms with Crippen molar-refractivity contribution >= 4 is 11.7 Å². The number of aryl methyl sites for hydroxylation is 1. The molecule has 0 unspecified atom stereocenters. The predicted molar refractivity (Wildman–Crippen MR) is 68.7 cm³/mol. The third-order valence-electron chi connectivity index (χ3n) is 2.48. The molecule has 1 amide bonds. The molecule has 0 radical (unpaired) electrons. The van der Waals surface area contributed by atoms with Crippen molar-refractivity contribution in [3.8, 4) is 11.1 Å². The zero-order valence-electron chi connectivity index (χ0n) is 9.90. The number of pyridine rings is 1. The summed E-state index contributed by atoms with van der Waals surface area (Å²) in [5, 5.41) is 2.70. The van der Waals surface area contributed by atoms with Gasteiger partial charge in [0, 0.05) is 18.7 Å². The first-order valence-corrected chi connectivity index (χ1v) is 5.46. The molecule has 0 fully saturated rings. The van der Waals surface area contributed by atoms with E-state index in [-0.39, 0.29) is 5.91 Å². The third-order valence-corrected chi connectivity index (χ3v) is 2.48. The minimum Gasteiger partial charge on any atom is -0.311 e. The maximum absolute atomic E-state index is 11.0. The Bertz CT molecular complexity index is 535. The Morgan fingerprint density at radius 1 is 1.18 bits per heavy atom. The van der Waals surface area contributed by atoms with Crippen molar-refractivity contribution in [2.45, 2.75) is 13.8 Å². The Kier molecular flexibility index (Phi) is 3.19. The lowest BCUT2D eigenvalue weighted by Gasteiger charge is -2.07. The molecule has 0 spiro atoms. The fourth-order valence-electron chi connectivity index (χ4n) is 1.66. The van der Waals surface area contributed by atoms with Crippen LogP contribution in [0.3, 0.4) is 0 Å². The molecule has 0 atom stereocenters. The number of anilines is 1. The van der Waals surface area contributed by atoms with Crippen LogP contribution in [0.2, 0.25) is 0 Å². The SMILES string of the molecule is CC(=O)Nc1ncc(-c2ccccc2)cc1C. The lowest BCUT2D eigenvalue weighted by Crippen LogP contribution is -2.08. The monoisotopic (exact) mass is 226 g/mol. The molecule has 1 aromatic carbocycles. The zero-order chi connectivity index (χ0) is 12.3. The molecule has 3 nitrogen and oxygen atoms in total. The Hall–Kier alpha value is -2.16. The van der Waals surface area contributed by atoms with E-state index < -0.39 is 0 Å². The predicted octanol–water partition coefficient (Wildman–Crippen LogP) is 3.02. The first kappa shape index (κ1) is 11.3. The molecule has 2 aromatic rings. The van der Waals surface area contributed by atoms with Crippen LogP contribution in [-0.2, 0) is 4.79 Å². The molecule has 3 heteroatoms. The van der Waals surface area contributed by atoms with Crippen LogP contribution in [0.25, 0.3) is 11.1 Å². The molecule has 0 bridgehead atoms. The van der Waals surface area contributed by atoms with Gasteiger partial charge in [-0.3, -0.25) is 4.79 Å². The molecule has 0 aliphatic heterocycles. The Balaban J connectivity index is 2.34. The number of nitrogens with one attached hydrogen (secondary N) is 1. The number of nitrogens with zero attached hydrogens (tertiary/aromatic N) is 1. The van der Waals surface area contributed by atoms with E-state index >= 15 is 0 Å². The van der Waals surface area contributed by atoms with Crippen molar-refractivity contribution in [2.75, 3.05) is 5.32 Å². The lowest BCUT2D eigenvalue weighted by atomic mass is 10.1. The van der Waals surface area contributed by atoms with Crippen molar-refractivity contribution in [1.82, 2.24) is 4.98 Å². The summed E-state index contributed by atoms with van der Waals surface area (Å²) in [6.07, 6.45) is 1.77. The van der Waals surface area contributed by atoms with Gasteiger partial charge in [-0.1, -0.05) is 30.3 Å². The maximum atomic E-state index is 11.0. The summed E-state index contributed by atoms with van der Waals surface area (Å²) in [6.45, 7) is 3.41. The topological polar surface area (TPSA) is 42.0 Å². The zero-order valence-corrected chi connectivity index (χ0v) is 9.90. The number of rotatable bonds is 2. The van der Waals surface area contributed by atoms with E-state index in [1.807, 2.05) is 43.3 Å². The fraction of sp³-hybridized carbons (Fsp3) is 0.143. The van der Waals surface area contributed by atoms with E-state index in [0.29, 0.717) is 5.82 Å². The number of carbonyl (C=O) groups excluding carboxylic acids is 1. The lowest BCUT2D eigenvalue weighted by molar-refractivity contribution is -0.114. The van der Waals surface area contributed by atoms with Gasteiger partial charge in [0.25, 0.3) is 0 Å². The number of hydrogen-bond donors (Lipinski definition) is 1. The minimum atomic E-state index is -0.104. The van der Waals surface area contributed by atoms with Crippen LogP contribution in [0.15, 0.2) is 42.6 Å². The highest BCUT2D eigenvalue weighted by Gasteiger charge is 2.04. The van der Waals surface area contributed by atoms with Gasteiger partial charge >= 0.3 is 0 Å². The summed E-state index contributed by atoms with van der Waals surface area (Å²) in [5.41, 5.74) is 3.14. The normalized spacial score (nSPS) is 10.0. The van der Waals surface area contributed by atoms with Crippen LogP contribution in [0.1, 0.15) is 12.5 Å². The van der Waals surface area contributed by atoms with E-state index in [2.05, 4.69) is 10.3 Å². The van der Waals surface area contributed by atoms with Crippen LogP contribution < -0.4 is 5.32 Å². The maximum Gasteiger partial charge on any atom is 0.222 e. The molecule has 0 saturated heterocycles. The van der Waals surface area contributed by atoms with E-state index in [1.54, 1.807) is 6.20 Å². The quantitative estimate of drug-likeness (QED) is 0.855. The molecule has 2 rings (SSSR count). The minimum absolute atomic E-state index is 0.104. The summed E-state index contributed by atoms with van der Waals surface area (Å²) >= 11 is 0. The largest absolute Gasteiger partial charge is 0.311 e. The van der Waals surface area contributed by atoms with E-state index in [0.717, 1.165) is 16.7 Å². The molecule has 86 valence electrons. The summed E-state index contributed by atoms with van der Waals surface area (Å²) in [7, 11) is 0. The molecular formula is C14H14N2O. The van der Waals surface area contributed by atoms with Crippen LogP contribution in [-0.4, -0.2) is 10.9 Å². The Morgan fingerprint density at radius 3 is 2.47 bits per heavy atom. The van der Waals surface area contributed by atoms with Gasteiger partial charge in [-0.25, -0.2) is 4.98 Å². The van der Waals surface area contributed by atoms with Crippen LogP contribution in [0.4, 0.5) is 5.82 Å². The molecule has 17 heavy (non-hydrogen) atoms. The first-order chi connectivity index (χ1) is 8.16. The third kappa shape index (κ3) is 2.69. The van der Waals surface area contributed by atoms with Crippen molar-refractivity contribution in [2.24, 2.45) is 0 Å². The molecule has 1 heterocycles. The van der Waals surface area contributed by atoms with Gasteiger partial charge < -0.3 is 5.32 Å². The molecular weight excluding hydrogens is 212 g/mol. The second kappa shape index (κ2) is 4.78. The van der Waals surface area contributed by atoms with Crippen LogP contribution in [0.5, 0.6) is 0 Å². The highest BCUT2D eigenvalue weighted by Crippen LogP contribution is 2.22. The molecule has 1 aromatic heterocycles. The van der Waals surface area contributed by atoms with E-state index in [9.17, 15) is 4.79 Å². The van der Waals surface area contributed by atoms with Crippen molar-refractivity contribution in [1.29, 1.82) is 0 Å². The summed E-state index contributed by atoms with van der Waals surface area (Å²) < 4.78 is 0. The Labute approximate surface area is 101 Å². The first-order valence-electron chi connectivity index (χ1n) is 5.46. The smallest absolute Gasteiger partial charge is 0.222 e. The number of aromatic nitrogens is 1. The van der Waals surface area contributed by atoms with Gasteiger partial charge in [-0.2, -0.15) is 0 Å². The summed E-state index contributed by atoms with van der Waals surface area (Å²) in [5.74, 6) is 0.519. The molecule has 0 saturated carbocycles. The second-order valence-corrected chi connectivity index (χ2v) is 3.94. The Morgan fingerprint density at radius 2 is 1.88 bits per heavy atom. The standard InChI is InChI=1S/C14H14N2O/c1-10-8-13(12-6-4-3-5-7-12)9-15-14(10)16-11(2)17/h3-9H,1-2H3,(H,15,16,17). The van der Waals surface area contributed by atoms with Gasteiger partial charge in [0.15, 0.2) is 0 Å². The highest BCUT2D eigenvalue weighted by molar-refractivity contribution is 5.88. The fourth-order valence-corrected chi connectivity index (χ4v) is 1.66. The van der Waals surface area contributed by atoms with E-state index in [4.69, 9.17) is 0 Å². The van der Waals surface area contributed by atoms with Gasteiger partial charge in [0.1, 0.15) is 5.82 Å². The van der Waals surface area contributed by atoms with Gasteiger partial charge in [0.2, 0.25) is 5.91 Å². The highest BCUT2D eigenvalue weighted by atomic mass is 16.1.